The van der Waals surface area contributed by atoms with Gasteiger partial charge in [-0.3, -0.25) is 14.3 Å². The lowest BCUT2D eigenvalue weighted by molar-refractivity contribution is -0.637. The quantitative estimate of drug-likeness (QED) is 0.380. The van der Waals surface area contributed by atoms with Crippen molar-refractivity contribution < 1.29 is 19.6 Å². The van der Waals surface area contributed by atoms with Crippen LogP contribution in [0.2, 0.25) is 0 Å². The first kappa shape index (κ1) is 28.8. The van der Waals surface area contributed by atoms with Crippen LogP contribution in [0.25, 0.3) is 11.3 Å². The molecule has 2 unspecified atom stereocenters. The molecule has 3 saturated heterocycles. The number of hydrogen-bond donors (Lipinski definition) is 2. The molecule has 3 aliphatic heterocycles. The molecule has 4 heterocycles. The van der Waals surface area contributed by atoms with Crippen molar-refractivity contribution in [3.05, 3.63) is 75.2 Å². The molecule has 218 valence electrons. The minimum Gasteiger partial charge on any atom is -0.436 e. The van der Waals surface area contributed by atoms with E-state index >= 15 is 0 Å². The number of nitrogens with two attached hydrogens (primary N) is 1. The Labute approximate surface area is 254 Å². The van der Waals surface area contributed by atoms with Crippen LogP contribution < -0.4 is 16.5 Å². The molecule has 2 atom stereocenters. The standard InChI is InChI=1S/C30H34BBrN6O4/c31-24-14-20(6-7-25(24)32)15-27(28(39)37-18-36(19-37)23-8-11-33-16-23)42-30(41)35-12-9-22(10-13-35)38-17-26(34-29(38)40)21-4-2-1-3-5-21/h1-7,14,17,22-23,27,33H,8-13,15-16,18-19H2,(H,34,40)/p+1. The first-order valence-corrected chi connectivity index (χ1v) is 15.4. The molecule has 3 aliphatic rings. The smallest absolute Gasteiger partial charge is 0.410 e. The Morgan fingerprint density at radius 2 is 1.81 bits per heavy atom. The Morgan fingerprint density at radius 1 is 1.05 bits per heavy atom. The monoisotopic (exact) mass is 633 g/mol. The highest BCUT2D eigenvalue weighted by atomic mass is 79.9. The Morgan fingerprint density at radius 3 is 2.50 bits per heavy atom. The van der Waals surface area contributed by atoms with Crippen molar-refractivity contribution in [2.75, 3.05) is 39.5 Å². The zero-order chi connectivity index (χ0) is 29.2. The molecule has 42 heavy (non-hydrogen) atoms. The third kappa shape index (κ3) is 6.21. The van der Waals surface area contributed by atoms with Crippen LogP contribution in [0.15, 0.2) is 64.0 Å². The molecule has 2 amide bonds. The number of quaternary nitrogens is 1. The van der Waals surface area contributed by atoms with Crippen LogP contribution >= 0.6 is 15.9 Å². The van der Waals surface area contributed by atoms with E-state index in [-0.39, 0.29) is 24.1 Å². The third-order valence-corrected chi connectivity index (χ3v) is 9.34. The van der Waals surface area contributed by atoms with Gasteiger partial charge in [0.15, 0.2) is 6.10 Å². The normalized spacial score (nSPS) is 20.4. The molecular formula is C30H35BBrN6O4+. The number of likely N-dealkylation sites (tertiary alicyclic amines) is 1. The molecule has 10 nitrogen and oxygen atoms in total. The number of piperidine rings is 1. The number of benzene rings is 2. The largest absolute Gasteiger partial charge is 0.436 e. The Hall–Kier alpha value is -3.35. The van der Waals surface area contributed by atoms with Crippen LogP contribution in [0.3, 0.4) is 0 Å². The van der Waals surface area contributed by atoms with Crippen LogP contribution in [0.1, 0.15) is 30.9 Å². The van der Waals surface area contributed by atoms with Crippen molar-refractivity contribution in [1.82, 2.24) is 24.3 Å². The Bertz CT molecular complexity index is 1480. The maximum Gasteiger partial charge on any atom is 0.410 e. The van der Waals surface area contributed by atoms with E-state index in [9.17, 15) is 14.4 Å². The second kappa shape index (κ2) is 12.5. The summed E-state index contributed by atoms with van der Waals surface area (Å²) < 4.78 is 8.42. The maximum atomic E-state index is 13.6. The molecule has 2 aromatic carbocycles. The number of halogens is 1. The van der Waals surface area contributed by atoms with Gasteiger partial charge < -0.3 is 24.8 Å². The van der Waals surface area contributed by atoms with Gasteiger partial charge in [0.2, 0.25) is 0 Å². The van der Waals surface area contributed by atoms with Crippen molar-refractivity contribution in [2.24, 2.45) is 0 Å². The molecule has 3 aromatic rings. The number of ether oxygens (including phenoxy) is 1. The molecule has 0 spiro atoms. The molecule has 0 bridgehead atoms. The third-order valence-electron chi connectivity index (χ3n) is 8.62. The lowest BCUT2D eigenvalue weighted by Crippen LogP contribution is -2.82. The summed E-state index contributed by atoms with van der Waals surface area (Å²) in [6, 6.07) is 15.7. The molecule has 12 heteroatoms. The van der Waals surface area contributed by atoms with Gasteiger partial charge in [-0.05, 0) is 30.0 Å². The van der Waals surface area contributed by atoms with Crippen LogP contribution in [-0.4, -0.2) is 95.8 Å². The van der Waals surface area contributed by atoms with Crippen LogP contribution in [0.4, 0.5) is 4.79 Å². The number of hydrogen-bond acceptors (Lipinski definition) is 5. The van der Waals surface area contributed by atoms with Crippen molar-refractivity contribution in [2.45, 2.75) is 43.9 Å². The highest BCUT2D eigenvalue weighted by Gasteiger charge is 2.40. The first-order chi connectivity index (χ1) is 20.4. The average molecular weight is 634 g/mol. The number of H-pyrrole nitrogens is 1. The number of amides is 2. The fraction of sp³-hybridized carbons (Fsp3) is 0.433. The molecular weight excluding hydrogens is 599 g/mol. The number of nitrogens with one attached hydrogen (secondary N) is 1. The second-order valence-corrected chi connectivity index (χ2v) is 12.3. The summed E-state index contributed by atoms with van der Waals surface area (Å²) in [7, 11) is 6.09. The highest BCUT2D eigenvalue weighted by molar-refractivity contribution is 9.10. The summed E-state index contributed by atoms with van der Waals surface area (Å²) in [6.07, 6.45) is 2.99. The predicted octanol–water partition coefficient (Wildman–Crippen LogP) is 1.18. The van der Waals surface area contributed by atoms with E-state index in [1.54, 1.807) is 20.4 Å². The van der Waals surface area contributed by atoms with Gasteiger partial charge in [0.25, 0.3) is 5.91 Å². The van der Waals surface area contributed by atoms with Crippen LogP contribution in [-0.2, 0) is 16.0 Å². The van der Waals surface area contributed by atoms with Crippen molar-refractivity contribution in [3.63, 3.8) is 0 Å². The summed E-state index contributed by atoms with van der Waals surface area (Å²) >= 11 is 3.41. The van der Waals surface area contributed by atoms with E-state index in [0.29, 0.717) is 50.8 Å². The fourth-order valence-electron chi connectivity index (χ4n) is 6.12. The molecule has 1 aromatic heterocycles. The molecule has 0 saturated carbocycles. The minimum atomic E-state index is -0.950. The Balaban J connectivity index is 1.09. The van der Waals surface area contributed by atoms with E-state index in [1.807, 2.05) is 48.7 Å². The van der Waals surface area contributed by atoms with Gasteiger partial charge in [-0.2, -0.15) is 0 Å². The van der Waals surface area contributed by atoms with E-state index in [4.69, 9.17) is 12.6 Å². The number of imidazole rings is 1. The summed E-state index contributed by atoms with van der Waals surface area (Å²) in [5, 5.41) is 2.30. The topological polar surface area (TPSA) is 107 Å². The van der Waals surface area contributed by atoms with Gasteiger partial charge in [-0.1, -0.05) is 63.9 Å². The predicted molar refractivity (Wildman–Crippen MR) is 162 cm³/mol. The number of carbonyl (C=O) groups is 2. The van der Waals surface area contributed by atoms with E-state index in [1.165, 1.54) is 0 Å². The van der Waals surface area contributed by atoms with Crippen molar-refractivity contribution in [1.29, 1.82) is 0 Å². The van der Waals surface area contributed by atoms with Crippen molar-refractivity contribution >= 4 is 41.2 Å². The number of nitrogens with zero attached hydrogens (tertiary/aromatic N) is 4. The highest BCUT2D eigenvalue weighted by Crippen LogP contribution is 2.25. The van der Waals surface area contributed by atoms with Gasteiger partial charge in [0.1, 0.15) is 7.85 Å². The van der Waals surface area contributed by atoms with Gasteiger partial charge in [-0.25, -0.2) is 9.59 Å². The zero-order valence-electron chi connectivity index (χ0n) is 23.5. The van der Waals surface area contributed by atoms with Crippen LogP contribution in [0, 0.1) is 0 Å². The number of rotatable bonds is 7. The lowest BCUT2D eigenvalue weighted by Gasteiger charge is -2.45. The minimum absolute atomic E-state index is 0.0293. The van der Waals surface area contributed by atoms with E-state index < -0.39 is 12.2 Å². The summed E-state index contributed by atoms with van der Waals surface area (Å²) in [5.41, 5.74) is 2.95. The van der Waals surface area contributed by atoms with Gasteiger partial charge >= 0.3 is 11.8 Å². The van der Waals surface area contributed by atoms with E-state index in [0.717, 1.165) is 40.8 Å². The SMILES string of the molecule is [B]c1cc(CC(OC(=O)N2CCC(n3cc(-c4ccccc4)[nH]c3=O)CC2)C(=O)N2CN(C3CC[NH2+]C3)C2)ccc1Br. The molecule has 0 aliphatic carbocycles. The zero-order valence-corrected chi connectivity index (χ0v) is 25.0. The Kier molecular flexibility index (Phi) is 8.55. The summed E-state index contributed by atoms with van der Waals surface area (Å²) in [6.45, 7) is 4.14. The summed E-state index contributed by atoms with van der Waals surface area (Å²) in [4.78, 5) is 48.3. The number of aromatic amines is 1. The molecule has 3 N–H and O–H groups in total. The first-order valence-electron chi connectivity index (χ1n) is 14.6. The van der Waals surface area contributed by atoms with Gasteiger partial charge in [0.05, 0.1) is 38.2 Å². The van der Waals surface area contributed by atoms with Crippen molar-refractivity contribution in [3.8, 4) is 11.3 Å². The van der Waals surface area contributed by atoms with Gasteiger partial charge in [-0.15, -0.1) is 0 Å². The molecule has 3 fully saturated rings. The van der Waals surface area contributed by atoms with Crippen LogP contribution in [0.5, 0.6) is 0 Å². The van der Waals surface area contributed by atoms with Gasteiger partial charge in [0, 0.05) is 42.6 Å². The summed E-state index contributed by atoms with van der Waals surface area (Å²) in [5.74, 6) is -0.190. The number of aromatic nitrogens is 2. The average Bonchev–Trinajstić information content (AvgIpc) is 3.64. The maximum absolute atomic E-state index is 13.6. The molecule has 2 radical (unpaired) electrons. The van der Waals surface area contributed by atoms with E-state index in [2.05, 4.69) is 31.1 Å². The molecule has 6 rings (SSSR count). The number of carbonyl (C=O) groups excluding carboxylic acids is 2. The second-order valence-electron chi connectivity index (χ2n) is 11.4. The lowest BCUT2D eigenvalue weighted by atomic mass is 9.93. The fourth-order valence-corrected chi connectivity index (χ4v) is 6.37.